The predicted octanol–water partition coefficient (Wildman–Crippen LogP) is 3.07. The van der Waals surface area contributed by atoms with Crippen LogP contribution in [-0.4, -0.2) is 23.2 Å². The molecule has 144 valence electrons. The maximum absolute atomic E-state index is 11.8. The second-order valence-corrected chi connectivity index (χ2v) is 8.14. The maximum atomic E-state index is 11.8. The molecule has 4 atom stereocenters. The summed E-state index contributed by atoms with van der Waals surface area (Å²) < 4.78 is 0. The van der Waals surface area contributed by atoms with E-state index in [9.17, 15) is 9.59 Å². The third-order valence-corrected chi connectivity index (χ3v) is 6.25. The van der Waals surface area contributed by atoms with Gasteiger partial charge in [-0.25, -0.2) is 10.9 Å². The summed E-state index contributed by atoms with van der Waals surface area (Å²) >= 11 is 0. The highest BCUT2D eigenvalue weighted by Gasteiger charge is 2.38. The van der Waals surface area contributed by atoms with E-state index in [2.05, 4.69) is 45.4 Å². The van der Waals surface area contributed by atoms with Crippen LogP contribution in [0.4, 0.5) is 0 Å². The van der Waals surface area contributed by atoms with E-state index in [4.69, 9.17) is 0 Å². The number of allylic oxidation sites excluding steroid dienone is 4. The lowest BCUT2D eigenvalue weighted by molar-refractivity contribution is -0.121. The van der Waals surface area contributed by atoms with Crippen LogP contribution < -0.4 is 10.9 Å². The van der Waals surface area contributed by atoms with E-state index in [1.807, 2.05) is 0 Å². The van der Waals surface area contributed by atoms with E-state index in [0.29, 0.717) is 24.7 Å². The molecule has 0 aliphatic heterocycles. The number of hydrogen-bond donors (Lipinski definition) is 2. The standard InChI is InChI=1S/C21H28N4O2/c26-20(24-22-18-12-14-6-4-8-16(14)18)10-2-1-3-11-21(27)25-23-19-13-15-7-5-9-17(15)19/h4-5,8-9,14-17H,1-3,6-7,10-13H2,(H,24,26)(H,25,27)/b22-18-,23-19-/t14-,15-,16-,17+/m1/s1. The van der Waals surface area contributed by atoms with Crippen molar-refractivity contribution in [2.75, 3.05) is 0 Å². The molecule has 0 aromatic heterocycles. The molecular weight excluding hydrogens is 340 g/mol. The van der Waals surface area contributed by atoms with E-state index in [1.54, 1.807) is 0 Å². The highest BCUT2D eigenvalue weighted by Crippen LogP contribution is 2.40. The lowest BCUT2D eigenvalue weighted by Gasteiger charge is -2.31. The van der Waals surface area contributed by atoms with Crippen molar-refractivity contribution in [1.29, 1.82) is 0 Å². The molecule has 0 spiro atoms. The summed E-state index contributed by atoms with van der Waals surface area (Å²) in [5, 5.41) is 8.52. The van der Waals surface area contributed by atoms with Crippen molar-refractivity contribution in [3.8, 4) is 0 Å². The summed E-state index contributed by atoms with van der Waals surface area (Å²) in [6.07, 6.45) is 16.4. The average molecular weight is 368 g/mol. The third-order valence-electron chi connectivity index (χ3n) is 6.25. The number of hydrazone groups is 2. The number of amides is 2. The Bertz CT molecular complexity index is 662. The van der Waals surface area contributed by atoms with Gasteiger partial charge in [0.25, 0.3) is 0 Å². The minimum absolute atomic E-state index is 0.0343. The van der Waals surface area contributed by atoms with Gasteiger partial charge in [-0.1, -0.05) is 30.7 Å². The van der Waals surface area contributed by atoms with E-state index >= 15 is 0 Å². The first-order valence-electron chi connectivity index (χ1n) is 10.2. The fraction of sp³-hybridized carbons (Fsp3) is 0.619. The number of carbonyl (C=O) groups is 2. The van der Waals surface area contributed by atoms with E-state index in [0.717, 1.165) is 68.2 Å². The SMILES string of the molecule is O=C(CCCCCC(=O)N/N=C1/C[C@H]2CC=C[C@@H]12)N/N=C1/C[C@H]2CC=C[C@H]12. The molecule has 0 aromatic rings. The largest absolute Gasteiger partial charge is 0.273 e. The maximum Gasteiger partial charge on any atom is 0.240 e. The summed E-state index contributed by atoms with van der Waals surface area (Å²) in [7, 11) is 0. The molecule has 0 bridgehead atoms. The van der Waals surface area contributed by atoms with Crippen LogP contribution in [0.1, 0.15) is 57.8 Å². The summed E-state index contributed by atoms with van der Waals surface area (Å²) in [6.45, 7) is 0. The molecule has 4 aliphatic rings. The normalized spacial score (nSPS) is 32.7. The van der Waals surface area contributed by atoms with Gasteiger partial charge in [-0.15, -0.1) is 0 Å². The minimum atomic E-state index is -0.0343. The number of nitrogens with one attached hydrogen (secondary N) is 2. The monoisotopic (exact) mass is 368 g/mol. The Morgan fingerprint density at radius 3 is 1.74 bits per heavy atom. The molecule has 6 nitrogen and oxygen atoms in total. The molecule has 0 saturated heterocycles. The van der Waals surface area contributed by atoms with Gasteiger partial charge >= 0.3 is 0 Å². The molecule has 0 heterocycles. The van der Waals surface area contributed by atoms with Gasteiger partial charge in [-0.05, 0) is 50.4 Å². The van der Waals surface area contributed by atoms with Gasteiger partial charge in [-0.3, -0.25) is 9.59 Å². The molecule has 0 unspecified atom stereocenters. The lowest BCUT2D eigenvalue weighted by atomic mass is 9.74. The number of fused-ring (bicyclic) bond motifs is 2. The first-order valence-corrected chi connectivity index (χ1v) is 10.2. The van der Waals surface area contributed by atoms with Crippen LogP contribution in [0.5, 0.6) is 0 Å². The molecule has 0 radical (unpaired) electrons. The molecule has 2 amide bonds. The average Bonchev–Trinajstić information content (AvgIpc) is 3.18. The van der Waals surface area contributed by atoms with E-state index in [1.165, 1.54) is 0 Å². The second kappa shape index (κ2) is 8.19. The van der Waals surface area contributed by atoms with Crippen LogP contribution >= 0.6 is 0 Å². The predicted molar refractivity (Wildman–Crippen MR) is 105 cm³/mol. The van der Waals surface area contributed by atoms with Crippen LogP contribution in [0.15, 0.2) is 34.5 Å². The number of carbonyl (C=O) groups excluding carboxylic acids is 2. The summed E-state index contributed by atoms with van der Waals surface area (Å²) in [5.41, 5.74) is 7.55. The first-order chi connectivity index (χ1) is 13.2. The van der Waals surface area contributed by atoms with Crippen molar-refractivity contribution in [3.63, 3.8) is 0 Å². The molecule has 2 saturated carbocycles. The molecular formula is C21H28N4O2. The zero-order valence-electron chi connectivity index (χ0n) is 15.7. The Morgan fingerprint density at radius 2 is 1.30 bits per heavy atom. The number of hydrogen-bond acceptors (Lipinski definition) is 4. The molecule has 27 heavy (non-hydrogen) atoms. The number of rotatable bonds is 8. The van der Waals surface area contributed by atoms with Crippen molar-refractivity contribution in [1.82, 2.24) is 10.9 Å². The molecule has 2 fully saturated rings. The van der Waals surface area contributed by atoms with Crippen molar-refractivity contribution >= 4 is 23.2 Å². The van der Waals surface area contributed by atoms with Gasteiger partial charge in [0.05, 0.1) is 0 Å². The molecule has 6 heteroatoms. The Morgan fingerprint density at radius 1 is 0.815 bits per heavy atom. The van der Waals surface area contributed by atoms with E-state index in [-0.39, 0.29) is 11.8 Å². The van der Waals surface area contributed by atoms with Crippen molar-refractivity contribution in [2.24, 2.45) is 33.9 Å². The van der Waals surface area contributed by atoms with Crippen molar-refractivity contribution < 1.29 is 9.59 Å². The fourth-order valence-corrected chi connectivity index (χ4v) is 4.45. The van der Waals surface area contributed by atoms with Crippen LogP contribution in [0.25, 0.3) is 0 Å². The van der Waals surface area contributed by atoms with Crippen LogP contribution in [0.3, 0.4) is 0 Å². The van der Waals surface area contributed by atoms with Crippen LogP contribution in [-0.2, 0) is 9.59 Å². The van der Waals surface area contributed by atoms with Gasteiger partial charge in [0.15, 0.2) is 0 Å². The van der Waals surface area contributed by atoms with Gasteiger partial charge in [-0.2, -0.15) is 10.2 Å². The number of nitrogens with zero attached hydrogens (tertiary/aromatic N) is 2. The molecule has 0 aromatic carbocycles. The Hall–Kier alpha value is -2.24. The van der Waals surface area contributed by atoms with Crippen LogP contribution in [0.2, 0.25) is 0 Å². The van der Waals surface area contributed by atoms with Gasteiger partial charge in [0.2, 0.25) is 11.8 Å². The van der Waals surface area contributed by atoms with E-state index < -0.39 is 0 Å². The highest BCUT2D eigenvalue weighted by atomic mass is 16.2. The number of unbranched alkanes of at least 4 members (excludes halogenated alkanes) is 2. The summed E-state index contributed by atoms with van der Waals surface area (Å²) in [5.74, 6) is 2.29. The Labute approximate surface area is 160 Å². The zero-order valence-corrected chi connectivity index (χ0v) is 15.7. The zero-order chi connectivity index (χ0) is 18.6. The summed E-state index contributed by atoms with van der Waals surface area (Å²) in [4.78, 5) is 23.7. The lowest BCUT2D eigenvalue weighted by Crippen LogP contribution is -2.35. The smallest absolute Gasteiger partial charge is 0.240 e. The third kappa shape index (κ3) is 4.20. The minimum Gasteiger partial charge on any atom is -0.273 e. The van der Waals surface area contributed by atoms with Crippen molar-refractivity contribution in [2.45, 2.75) is 57.8 Å². The van der Waals surface area contributed by atoms with Gasteiger partial charge < -0.3 is 0 Å². The fourth-order valence-electron chi connectivity index (χ4n) is 4.45. The summed E-state index contributed by atoms with van der Waals surface area (Å²) in [6, 6.07) is 0. The molecule has 4 aliphatic carbocycles. The second-order valence-electron chi connectivity index (χ2n) is 8.14. The quantitative estimate of drug-likeness (QED) is 0.392. The molecule has 2 N–H and O–H groups in total. The highest BCUT2D eigenvalue weighted by molar-refractivity contribution is 5.96. The topological polar surface area (TPSA) is 82.9 Å². The first kappa shape index (κ1) is 18.1. The Kier molecular flexibility index (Phi) is 5.50. The van der Waals surface area contributed by atoms with Gasteiger partial charge in [0, 0.05) is 36.1 Å². The van der Waals surface area contributed by atoms with Crippen LogP contribution in [0, 0.1) is 23.7 Å². The van der Waals surface area contributed by atoms with Crippen molar-refractivity contribution in [3.05, 3.63) is 24.3 Å². The Balaban J connectivity index is 1.04. The van der Waals surface area contributed by atoms with Gasteiger partial charge in [0.1, 0.15) is 0 Å². The molecule has 4 rings (SSSR count).